The number of aromatic nitrogens is 1. The van der Waals surface area contributed by atoms with Crippen molar-refractivity contribution in [3.8, 4) is 5.75 Å². The third kappa shape index (κ3) is 4.77. The van der Waals surface area contributed by atoms with Crippen molar-refractivity contribution in [1.82, 2.24) is 4.98 Å². The van der Waals surface area contributed by atoms with E-state index in [0.29, 0.717) is 22.0 Å². The van der Waals surface area contributed by atoms with E-state index < -0.39 is 0 Å². The molecule has 0 atom stereocenters. The van der Waals surface area contributed by atoms with Gasteiger partial charge in [-0.1, -0.05) is 17.7 Å². The number of aryl methyl sites for hydroxylation is 2. The van der Waals surface area contributed by atoms with Crippen molar-refractivity contribution in [3.05, 3.63) is 76.6 Å². The molecule has 0 bridgehead atoms. The fourth-order valence-electron chi connectivity index (χ4n) is 2.79. The Balaban J connectivity index is 1.76. The lowest BCUT2D eigenvalue weighted by Crippen LogP contribution is -2.12. The highest BCUT2D eigenvalue weighted by atomic mass is 35.5. The van der Waals surface area contributed by atoms with E-state index in [9.17, 15) is 4.79 Å². The monoisotopic (exact) mass is 381 g/mol. The minimum absolute atomic E-state index is 0.219. The Bertz CT molecular complexity index is 969. The van der Waals surface area contributed by atoms with Gasteiger partial charge < -0.3 is 15.4 Å². The molecule has 1 amide bonds. The third-order valence-electron chi connectivity index (χ3n) is 3.92. The Labute approximate surface area is 163 Å². The predicted octanol–water partition coefficient (Wildman–Crippen LogP) is 5.36. The number of halogens is 1. The average molecular weight is 382 g/mol. The highest BCUT2D eigenvalue weighted by Gasteiger charge is 2.09. The Kier molecular flexibility index (Phi) is 5.62. The van der Waals surface area contributed by atoms with Crippen molar-refractivity contribution in [2.24, 2.45) is 0 Å². The van der Waals surface area contributed by atoms with E-state index >= 15 is 0 Å². The standard InChI is InChI=1S/C21H20ClN3O2/c1-13-6-14(2)8-17(7-13)25-21(26)15-9-18(12-23-11-15)24-16-4-5-20(27-3)19(22)10-16/h4-12,24H,1-3H3,(H,25,26). The lowest BCUT2D eigenvalue weighted by molar-refractivity contribution is 0.102. The van der Waals surface area contributed by atoms with Gasteiger partial charge in [0.25, 0.3) is 5.91 Å². The summed E-state index contributed by atoms with van der Waals surface area (Å²) >= 11 is 6.15. The normalized spacial score (nSPS) is 10.4. The number of hydrogen-bond acceptors (Lipinski definition) is 4. The number of methoxy groups -OCH3 is 1. The molecule has 2 aromatic carbocycles. The molecule has 3 rings (SSSR count). The van der Waals surface area contributed by atoms with Crippen LogP contribution in [0.1, 0.15) is 21.5 Å². The Morgan fingerprint density at radius 1 is 0.963 bits per heavy atom. The minimum atomic E-state index is -0.219. The molecule has 5 nitrogen and oxygen atoms in total. The van der Waals surface area contributed by atoms with E-state index in [2.05, 4.69) is 21.7 Å². The summed E-state index contributed by atoms with van der Waals surface area (Å²) in [6.07, 6.45) is 3.18. The summed E-state index contributed by atoms with van der Waals surface area (Å²) in [5, 5.41) is 6.60. The molecule has 0 spiro atoms. The summed E-state index contributed by atoms with van der Waals surface area (Å²) < 4.78 is 5.15. The zero-order valence-electron chi connectivity index (χ0n) is 15.3. The molecule has 0 aliphatic heterocycles. The number of rotatable bonds is 5. The first kappa shape index (κ1) is 18.7. The summed E-state index contributed by atoms with van der Waals surface area (Å²) in [6.45, 7) is 3.99. The van der Waals surface area contributed by atoms with Gasteiger partial charge in [-0.2, -0.15) is 0 Å². The molecule has 138 valence electrons. The lowest BCUT2D eigenvalue weighted by Gasteiger charge is -2.11. The summed E-state index contributed by atoms with van der Waals surface area (Å²) in [4.78, 5) is 16.7. The molecule has 0 aliphatic rings. The van der Waals surface area contributed by atoms with Crippen molar-refractivity contribution in [3.63, 3.8) is 0 Å². The molecule has 2 N–H and O–H groups in total. The Hall–Kier alpha value is -3.05. The van der Waals surface area contributed by atoms with Crippen LogP contribution in [0.2, 0.25) is 5.02 Å². The second-order valence-electron chi connectivity index (χ2n) is 6.27. The number of carbonyl (C=O) groups is 1. The third-order valence-corrected chi connectivity index (χ3v) is 4.22. The van der Waals surface area contributed by atoms with Gasteiger partial charge in [0.1, 0.15) is 5.75 Å². The van der Waals surface area contributed by atoms with E-state index in [-0.39, 0.29) is 5.91 Å². The molecule has 0 fully saturated rings. The van der Waals surface area contributed by atoms with Crippen LogP contribution in [-0.2, 0) is 0 Å². The zero-order chi connectivity index (χ0) is 19.4. The topological polar surface area (TPSA) is 63.2 Å². The molecule has 0 radical (unpaired) electrons. The van der Waals surface area contributed by atoms with Crippen LogP contribution in [0.15, 0.2) is 54.9 Å². The molecule has 0 aliphatic carbocycles. The molecule has 27 heavy (non-hydrogen) atoms. The fourth-order valence-corrected chi connectivity index (χ4v) is 3.05. The van der Waals surface area contributed by atoms with Gasteiger partial charge in [0.2, 0.25) is 0 Å². The van der Waals surface area contributed by atoms with Crippen LogP contribution in [0.25, 0.3) is 0 Å². The van der Waals surface area contributed by atoms with Crippen molar-refractivity contribution >= 4 is 34.6 Å². The molecule has 3 aromatic rings. The SMILES string of the molecule is COc1ccc(Nc2cncc(C(=O)Nc3cc(C)cc(C)c3)c2)cc1Cl. The predicted molar refractivity (Wildman–Crippen MR) is 109 cm³/mol. The van der Waals surface area contributed by atoms with Crippen molar-refractivity contribution in [2.45, 2.75) is 13.8 Å². The smallest absolute Gasteiger partial charge is 0.257 e. The van der Waals surface area contributed by atoms with Gasteiger partial charge in [0.15, 0.2) is 0 Å². The molecule has 0 unspecified atom stereocenters. The fraction of sp³-hybridized carbons (Fsp3) is 0.143. The Morgan fingerprint density at radius 2 is 1.70 bits per heavy atom. The maximum Gasteiger partial charge on any atom is 0.257 e. The van der Waals surface area contributed by atoms with Gasteiger partial charge in [0, 0.05) is 17.6 Å². The number of nitrogens with zero attached hydrogens (tertiary/aromatic N) is 1. The quantitative estimate of drug-likeness (QED) is 0.624. The second kappa shape index (κ2) is 8.10. The van der Waals surface area contributed by atoms with Gasteiger partial charge in [-0.3, -0.25) is 9.78 Å². The van der Waals surface area contributed by atoms with Gasteiger partial charge in [-0.15, -0.1) is 0 Å². The summed E-state index contributed by atoms with van der Waals surface area (Å²) in [5.41, 5.74) is 4.86. The van der Waals surface area contributed by atoms with Crippen molar-refractivity contribution in [2.75, 3.05) is 17.7 Å². The van der Waals surface area contributed by atoms with Gasteiger partial charge in [-0.25, -0.2) is 0 Å². The number of pyridine rings is 1. The number of ether oxygens (including phenoxy) is 1. The second-order valence-corrected chi connectivity index (χ2v) is 6.67. The summed E-state index contributed by atoms with van der Waals surface area (Å²) in [7, 11) is 1.57. The highest BCUT2D eigenvalue weighted by Crippen LogP contribution is 2.28. The number of benzene rings is 2. The first-order valence-electron chi connectivity index (χ1n) is 8.40. The summed E-state index contributed by atoms with van der Waals surface area (Å²) in [5.74, 6) is 0.380. The van der Waals surface area contributed by atoms with Crippen LogP contribution in [0.4, 0.5) is 17.1 Å². The van der Waals surface area contributed by atoms with Gasteiger partial charge in [0.05, 0.1) is 29.6 Å². The average Bonchev–Trinajstić information content (AvgIpc) is 2.61. The first-order valence-corrected chi connectivity index (χ1v) is 8.77. The molecule has 0 saturated heterocycles. The van der Waals surface area contributed by atoms with Crippen molar-refractivity contribution < 1.29 is 9.53 Å². The number of anilines is 3. The zero-order valence-corrected chi connectivity index (χ0v) is 16.1. The Morgan fingerprint density at radius 3 is 2.37 bits per heavy atom. The largest absolute Gasteiger partial charge is 0.495 e. The minimum Gasteiger partial charge on any atom is -0.495 e. The van der Waals surface area contributed by atoms with Crippen LogP contribution < -0.4 is 15.4 Å². The molecule has 0 saturated carbocycles. The van der Waals surface area contributed by atoms with E-state index in [1.807, 2.05) is 32.0 Å². The van der Waals surface area contributed by atoms with Crippen LogP contribution >= 0.6 is 11.6 Å². The maximum absolute atomic E-state index is 12.6. The maximum atomic E-state index is 12.6. The van der Waals surface area contributed by atoms with E-state index in [0.717, 1.165) is 22.5 Å². The van der Waals surface area contributed by atoms with Crippen LogP contribution in [0.5, 0.6) is 5.75 Å². The highest BCUT2D eigenvalue weighted by molar-refractivity contribution is 6.32. The van der Waals surface area contributed by atoms with Crippen LogP contribution in [-0.4, -0.2) is 18.0 Å². The number of hydrogen-bond donors (Lipinski definition) is 2. The molecule has 1 heterocycles. The van der Waals surface area contributed by atoms with Crippen LogP contribution in [0, 0.1) is 13.8 Å². The molecular weight excluding hydrogens is 362 g/mol. The van der Waals surface area contributed by atoms with Crippen LogP contribution in [0.3, 0.4) is 0 Å². The molecule has 6 heteroatoms. The number of amides is 1. The number of nitrogens with one attached hydrogen (secondary N) is 2. The molecule has 1 aromatic heterocycles. The lowest BCUT2D eigenvalue weighted by atomic mass is 10.1. The van der Waals surface area contributed by atoms with E-state index in [1.54, 1.807) is 31.5 Å². The summed E-state index contributed by atoms with van der Waals surface area (Å²) in [6, 6.07) is 13.0. The van der Waals surface area contributed by atoms with Gasteiger partial charge >= 0.3 is 0 Å². The van der Waals surface area contributed by atoms with Crippen molar-refractivity contribution in [1.29, 1.82) is 0 Å². The number of carbonyl (C=O) groups excluding carboxylic acids is 1. The van der Waals surface area contributed by atoms with E-state index in [1.165, 1.54) is 6.20 Å². The first-order chi connectivity index (χ1) is 12.9. The van der Waals surface area contributed by atoms with Gasteiger partial charge in [-0.05, 0) is 61.4 Å². The van der Waals surface area contributed by atoms with E-state index in [4.69, 9.17) is 16.3 Å². The molecular formula is C21H20ClN3O2.